The van der Waals surface area contributed by atoms with Gasteiger partial charge in [0.15, 0.2) is 0 Å². The number of hydrogen-bond acceptors (Lipinski definition) is 3. The highest BCUT2D eigenvalue weighted by Gasteiger charge is 2.15. The zero-order valence-electron chi connectivity index (χ0n) is 16.6. The van der Waals surface area contributed by atoms with Crippen molar-refractivity contribution in [3.8, 4) is 11.5 Å². The van der Waals surface area contributed by atoms with E-state index in [4.69, 9.17) is 4.74 Å². The van der Waals surface area contributed by atoms with Crippen LogP contribution in [-0.4, -0.2) is 11.1 Å². The molecule has 0 aliphatic rings. The first-order chi connectivity index (χ1) is 14.9. The summed E-state index contributed by atoms with van der Waals surface area (Å²) in [6.07, 6.45) is -0.150. The Morgan fingerprint density at radius 3 is 2.16 bits per heavy atom. The monoisotopic (exact) mass is 436 g/mol. The van der Waals surface area contributed by atoms with Gasteiger partial charge in [-0.1, -0.05) is 23.9 Å². The van der Waals surface area contributed by atoms with E-state index in [1.165, 1.54) is 36.0 Å². The molecule has 4 rings (SSSR count). The Balaban J connectivity index is 1.65. The van der Waals surface area contributed by atoms with Crippen molar-refractivity contribution in [3.05, 3.63) is 95.6 Å². The lowest BCUT2D eigenvalue weighted by atomic mass is 9.98. The van der Waals surface area contributed by atoms with Crippen molar-refractivity contribution >= 4 is 28.5 Å². The molecule has 6 heteroatoms. The Kier molecular flexibility index (Phi) is 5.91. The van der Waals surface area contributed by atoms with Crippen LogP contribution in [-0.2, 0) is 11.2 Å². The Bertz CT molecular complexity index is 1250. The van der Waals surface area contributed by atoms with Gasteiger partial charge in [0.2, 0.25) is 0 Å². The zero-order valence-corrected chi connectivity index (χ0v) is 17.4. The highest BCUT2D eigenvalue weighted by molar-refractivity contribution is 7.99. The largest absolute Gasteiger partial charge is 0.481 e. The van der Waals surface area contributed by atoms with Crippen LogP contribution in [0.5, 0.6) is 11.5 Å². The van der Waals surface area contributed by atoms with Gasteiger partial charge in [-0.3, -0.25) is 4.79 Å². The van der Waals surface area contributed by atoms with Gasteiger partial charge in [-0.05, 0) is 84.1 Å². The first kappa shape index (κ1) is 20.9. The summed E-state index contributed by atoms with van der Waals surface area (Å²) in [5.41, 5.74) is 1.27. The lowest BCUT2D eigenvalue weighted by molar-refractivity contribution is -0.136. The molecule has 0 fully saturated rings. The van der Waals surface area contributed by atoms with Gasteiger partial charge >= 0.3 is 5.97 Å². The third-order valence-electron chi connectivity index (χ3n) is 4.85. The van der Waals surface area contributed by atoms with Crippen LogP contribution in [0.1, 0.15) is 11.1 Å². The minimum atomic E-state index is -0.947. The van der Waals surface area contributed by atoms with Crippen LogP contribution < -0.4 is 4.74 Å². The van der Waals surface area contributed by atoms with Crippen LogP contribution in [0.2, 0.25) is 0 Å². The number of carboxylic acid groups (broad SMARTS) is 1. The molecule has 0 atom stereocenters. The molecule has 0 spiro atoms. The van der Waals surface area contributed by atoms with Crippen molar-refractivity contribution < 1.29 is 23.4 Å². The molecule has 3 nitrogen and oxygen atoms in total. The van der Waals surface area contributed by atoms with Crippen LogP contribution in [0.15, 0.2) is 82.6 Å². The molecule has 0 aliphatic carbocycles. The van der Waals surface area contributed by atoms with Crippen LogP contribution in [0.3, 0.4) is 0 Å². The van der Waals surface area contributed by atoms with Gasteiger partial charge in [-0.15, -0.1) is 0 Å². The Morgan fingerprint density at radius 2 is 1.52 bits per heavy atom. The SMILES string of the molecule is Cc1c(CC(=O)O)cc2ccc(F)cc2c1Oc1ccc(Sc2ccc(F)cc2)cc1. The maximum absolute atomic E-state index is 13.9. The third-order valence-corrected chi connectivity index (χ3v) is 5.86. The minimum Gasteiger partial charge on any atom is -0.481 e. The fraction of sp³-hybridized carbons (Fsp3) is 0.0800. The lowest BCUT2D eigenvalue weighted by Gasteiger charge is -2.16. The van der Waals surface area contributed by atoms with Crippen molar-refractivity contribution in [1.82, 2.24) is 0 Å². The van der Waals surface area contributed by atoms with Gasteiger partial charge in [0.05, 0.1) is 6.42 Å². The molecule has 156 valence electrons. The zero-order chi connectivity index (χ0) is 22.0. The number of rotatable bonds is 6. The number of ether oxygens (including phenoxy) is 1. The van der Waals surface area contributed by atoms with E-state index in [-0.39, 0.29) is 12.2 Å². The molecule has 0 amide bonds. The maximum Gasteiger partial charge on any atom is 0.307 e. The third kappa shape index (κ3) is 4.86. The smallest absolute Gasteiger partial charge is 0.307 e. The highest BCUT2D eigenvalue weighted by Crippen LogP contribution is 2.37. The lowest BCUT2D eigenvalue weighted by Crippen LogP contribution is -2.03. The molecule has 4 aromatic carbocycles. The summed E-state index contributed by atoms with van der Waals surface area (Å²) in [6, 6.07) is 19.7. The van der Waals surface area contributed by atoms with Gasteiger partial charge in [-0.25, -0.2) is 8.78 Å². The van der Waals surface area contributed by atoms with E-state index in [0.29, 0.717) is 33.4 Å². The van der Waals surface area contributed by atoms with E-state index in [9.17, 15) is 18.7 Å². The number of carbonyl (C=O) groups is 1. The van der Waals surface area contributed by atoms with E-state index >= 15 is 0 Å². The number of aliphatic carboxylic acids is 1. The molecule has 1 N–H and O–H groups in total. The first-order valence-corrected chi connectivity index (χ1v) is 10.4. The van der Waals surface area contributed by atoms with Gasteiger partial charge in [0.1, 0.15) is 23.1 Å². The topological polar surface area (TPSA) is 46.5 Å². The molecule has 0 aliphatic heterocycles. The maximum atomic E-state index is 13.9. The Morgan fingerprint density at radius 1 is 0.903 bits per heavy atom. The molecule has 4 aromatic rings. The van der Waals surface area contributed by atoms with Gasteiger partial charge in [0.25, 0.3) is 0 Å². The Hall–Kier alpha value is -3.38. The number of carboxylic acids is 1. The number of halogens is 2. The molecular formula is C25H18F2O3S. The van der Waals surface area contributed by atoms with Crippen molar-refractivity contribution in [2.24, 2.45) is 0 Å². The molecule has 31 heavy (non-hydrogen) atoms. The van der Waals surface area contributed by atoms with Gasteiger partial charge < -0.3 is 9.84 Å². The van der Waals surface area contributed by atoms with Gasteiger partial charge in [-0.2, -0.15) is 0 Å². The van der Waals surface area contributed by atoms with Crippen LogP contribution in [0, 0.1) is 18.6 Å². The molecule has 0 radical (unpaired) electrons. The quantitative estimate of drug-likeness (QED) is 0.354. The fourth-order valence-electron chi connectivity index (χ4n) is 3.31. The van der Waals surface area contributed by atoms with Crippen LogP contribution in [0.25, 0.3) is 10.8 Å². The molecular weight excluding hydrogens is 418 g/mol. The molecule has 0 saturated heterocycles. The molecule has 0 aromatic heterocycles. The summed E-state index contributed by atoms with van der Waals surface area (Å²) in [5, 5.41) is 10.5. The molecule has 0 heterocycles. The van der Waals surface area contributed by atoms with Crippen molar-refractivity contribution in [2.45, 2.75) is 23.1 Å². The summed E-state index contributed by atoms with van der Waals surface area (Å²) < 4.78 is 33.1. The van der Waals surface area contributed by atoms with Crippen LogP contribution in [0.4, 0.5) is 8.78 Å². The summed E-state index contributed by atoms with van der Waals surface area (Å²) >= 11 is 1.49. The number of fused-ring (bicyclic) bond motifs is 1. The normalized spacial score (nSPS) is 10.9. The first-order valence-electron chi connectivity index (χ1n) is 9.54. The predicted octanol–water partition coefficient (Wildman–Crippen LogP) is 7.00. The number of hydrogen-bond donors (Lipinski definition) is 1. The number of benzene rings is 4. The van der Waals surface area contributed by atoms with E-state index in [0.717, 1.165) is 9.79 Å². The molecule has 0 unspecified atom stereocenters. The molecule has 0 bridgehead atoms. The second-order valence-electron chi connectivity index (χ2n) is 7.06. The minimum absolute atomic E-state index is 0.150. The van der Waals surface area contributed by atoms with E-state index in [1.807, 2.05) is 12.1 Å². The van der Waals surface area contributed by atoms with Crippen molar-refractivity contribution in [1.29, 1.82) is 0 Å². The van der Waals surface area contributed by atoms with Crippen molar-refractivity contribution in [3.63, 3.8) is 0 Å². The summed E-state index contributed by atoms with van der Waals surface area (Å²) in [4.78, 5) is 13.1. The average Bonchev–Trinajstić information content (AvgIpc) is 2.74. The summed E-state index contributed by atoms with van der Waals surface area (Å²) in [5.74, 6) is -0.638. The Labute approximate surface area is 182 Å². The second kappa shape index (κ2) is 8.78. The standard InChI is InChI=1S/C25H18F2O3S/c1-15-17(13-24(28)29)12-16-2-3-19(27)14-23(16)25(15)30-20-6-10-22(11-7-20)31-21-8-4-18(26)5-9-21/h2-12,14H,13H2,1H3,(H,28,29). The highest BCUT2D eigenvalue weighted by atomic mass is 32.2. The average molecular weight is 436 g/mol. The van der Waals surface area contributed by atoms with Gasteiger partial charge in [0, 0.05) is 15.2 Å². The second-order valence-corrected chi connectivity index (χ2v) is 8.20. The van der Waals surface area contributed by atoms with Crippen molar-refractivity contribution in [2.75, 3.05) is 0 Å². The van der Waals surface area contributed by atoms with E-state index in [2.05, 4.69) is 0 Å². The summed E-state index contributed by atoms with van der Waals surface area (Å²) in [6.45, 7) is 1.77. The van der Waals surface area contributed by atoms with E-state index < -0.39 is 11.8 Å². The molecule has 0 saturated carbocycles. The van der Waals surface area contributed by atoms with E-state index in [1.54, 1.807) is 43.3 Å². The predicted molar refractivity (Wildman–Crippen MR) is 117 cm³/mol. The summed E-state index contributed by atoms with van der Waals surface area (Å²) in [7, 11) is 0. The fourth-order valence-corrected chi connectivity index (χ4v) is 4.12. The van der Waals surface area contributed by atoms with Crippen LogP contribution >= 0.6 is 11.8 Å².